The maximum atomic E-state index is 14.3. The van der Waals surface area contributed by atoms with E-state index >= 15 is 0 Å². The van der Waals surface area contributed by atoms with Crippen LogP contribution in [0.2, 0.25) is 0 Å². The van der Waals surface area contributed by atoms with Gasteiger partial charge >= 0.3 is 6.18 Å². The number of nitrogens with zero attached hydrogens (tertiary/aromatic N) is 2. The summed E-state index contributed by atoms with van der Waals surface area (Å²) in [5, 5.41) is 15.8. The maximum Gasteiger partial charge on any atom is 0.419 e. The molecular formula is C21H24F4N4. The van der Waals surface area contributed by atoms with Crippen LogP contribution in [0.4, 0.5) is 23.4 Å². The van der Waals surface area contributed by atoms with Crippen molar-refractivity contribution < 1.29 is 17.6 Å². The normalized spacial score (nSPS) is 13.7. The number of allylic oxidation sites excluding steroid dienone is 2. The Morgan fingerprint density at radius 2 is 1.90 bits per heavy atom. The van der Waals surface area contributed by atoms with E-state index in [0.717, 1.165) is 28.6 Å². The third kappa shape index (κ3) is 5.34. The second kappa shape index (κ2) is 9.54. The van der Waals surface area contributed by atoms with Crippen molar-refractivity contribution in [2.45, 2.75) is 39.9 Å². The number of nitrogens with one attached hydrogen (secondary N) is 2. The number of aryl methyl sites for hydroxylation is 1. The summed E-state index contributed by atoms with van der Waals surface area (Å²) >= 11 is 0. The van der Waals surface area contributed by atoms with E-state index in [-0.39, 0.29) is 12.1 Å². The molecule has 0 radical (unpaired) electrons. The number of rotatable bonds is 6. The van der Waals surface area contributed by atoms with Gasteiger partial charge in [0.05, 0.1) is 11.3 Å². The molecule has 2 N–H and O–H groups in total. The summed E-state index contributed by atoms with van der Waals surface area (Å²) in [6, 6.07) is 3.22. The molecule has 0 spiro atoms. The van der Waals surface area contributed by atoms with Crippen LogP contribution < -0.4 is 21.1 Å². The first-order valence-corrected chi connectivity index (χ1v) is 9.20. The van der Waals surface area contributed by atoms with Crippen molar-refractivity contribution in [1.29, 1.82) is 0 Å². The minimum Gasteiger partial charge on any atom is -0.388 e. The summed E-state index contributed by atoms with van der Waals surface area (Å²) in [6.07, 6.45) is 1.81. The third-order valence-electron chi connectivity index (χ3n) is 4.37. The Morgan fingerprint density at radius 3 is 2.48 bits per heavy atom. The summed E-state index contributed by atoms with van der Waals surface area (Å²) in [7, 11) is 1.79. The van der Waals surface area contributed by atoms with Crippen molar-refractivity contribution in [2.24, 2.45) is 0 Å². The Balaban J connectivity index is 2.51. The lowest BCUT2D eigenvalue weighted by Gasteiger charge is -2.13. The standard InChI is InChI=1S/C21H24F4N4/c1-5-8-15(26-4)11-17-16(6-2)13(3)28-29-20(17)27-12-14-9-7-10-18(19(14)22)21(23,24)25/h6-11,26H,5,12H2,1-4H3,(H,27,29)/b15-8-,16-6?,17-11+. The lowest BCUT2D eigenvalue weighted by atomic mass is 10.1. The number of halogens is 4. The predicted octanol–water partition coefficient (Wildman–Crippen LogP) is 3.65. The lowest BCUT2D eigenvalue weighted by Crippen LogP contribution is -2.34. The van der Waals surface area contributed by atoms with Crippen molar-refractivity contribution in [3.8, 4) is 0 Å². The van der Waals surface area contributed by atoms with Crippen LogP contribution >= 0.6 is 0 Å². The number of aromatic nitrogens is 2. The van der Waals surface area contributed by atoms with Gasteiger partial charge in [-0.15, -0.1) is 5.10 Å². The minimum absolute atomic E-state index is 0.104. The summed E-state index contributed by atoms with van der Waals surface area (Å²) in [5.41, 5.74) is 0.176. The molecule has 0 unspecified atom stereocenters. The Hall–Kier alpha value is -2.90. The largest absolute Gasteiger partial charge is 0.419 e. The van der Waals surface area contributed by atoms with Crippen LogP contribution in [-0.2, 0) is 12.7 Å². The molecule has 0 saturated heterocycles. The van der Waals surface area contributed by atoms with Crippen LogP contribution in [0.3, 0.4) is 0 Å². The van der Waals surface area contributed by atoms with E-state index < -0.39 is 17.6 Å². The zero-order valence-corrected chi connectivity index (χ0v) is 16.8. The van der Waals surface area contributed by atoms with Crippen molar-refractivity contribution in [1.82, 2.24) is 15.5 Å². The quantitative estimate of drug-likeness (QED) is 0.717. The monoisotopic (exact) mass is 408 g/mol. The Labute approximate surface area is 167 Å². The van der Waals surface area contributed by atoms with E-state index in [1.54, 1.807) is 7.05 Å². The molecule has 0 fully saturated rings. The van der Waals surface area contributed by atoms with E-state index in [1.807, 2.05) is 39.0 Å². The molecule has 0 aliphatic carbocycles. The van der Waals surface area contributed by atoms with Crippen LogP contribution in [0.5, 0.6) is 0 Å². The molecule has 156 valence electrons. The van der Waals surface area contributed by atoms with Gasteiger partial charge in [-0.25, -0.2) is 4.39 Å². The van der Waals surface area contributed by atoms with Gasteiger partial charge in [0.2, 0.25) is 0 Å². The fraction of sp³-hybridized carbons (Fsp3) is 0.333. The topological polar surface area (TPSA) is 49.8 Å². The average Bonchev–Trinajstić information content (AvgIpc) is 2.67. The van der Waals surface area contributed by atoms with E-state index in [2.05, 4.69) is 20.8 Å². The van der Waals surface area contributed by atoms with Gasteiger partial charge in [-0.3, -0.25) is 0 Å². The predicted molar refractivity (Wildman–Crippen MR) is 107 cm³/mol. The van der Waals surface area contributed by atoms with Crippen LogP contribution in [0.15, 0.2) is 30.0 Å². The van der Waals surface area contributed by atoms with E-state index in [1.165, 1.54) is 12.1 Å². The van der Waals surface area contributed by atoms with Gasteiger partial charge in [0, 0.05) is 35.3 Å². The number of hydrogen-bond donors (Lipinski definition) is 2. The molecule has 0 atom stereocenters. The van der Waals surface area contributed by atoms with Gasteiger partial charge < -0.3 is 10.6 Å². The molecule has 0 aliphatic rings. The average molecular weight is 408 g/mol. The van der Waals surface area contributed by atoms with Crippen LogP contribution in [0.1, 0.15) is 37.1 Å². The van der Waals surface area contributed by atoms with Gasteiger partial charge in [0.25, 0.3) is 0 Å². The molecular weight excluding hydrogens is 384 g/mol. The second-order valence-electron chi connectivity index (χ2n) is 6.34. The molecule has 4 nitrogen and oxygen atoms in total. The first-order chi connectivity index (χ1) is 13.7. The Bertz CT molecular complexity index is 1010. The summed E-state index contributed by atoms with van der Waals surface area (Å²) in [5.74, 6) is -0.931. The number of alkyl halides is 3. The zero-order chi connectivity index (χ0) is 21.6. The van der Waals surface area contributed by atoms with Crippen molar-refractivity contribution in [3.63, 3.8) is 0 Å². The zero-order valence-electron chi connectivity index (χ0n) is 16.8. The highest BCUT2D eigenvalue weighted by Crippen LogP contribution is 2.32. The van der Waals surface area contributed by atoms with Gasteiger partial charge in [-0.2, -0.15) is 18.3 Å². The summed E-state index contributed by atoms with van der Waals surface area (Å²) < 4.78 is 53.2. The maximum absolute atomic E-state index is 14.3. The molecule has 1 aromatic heterocycles. The Kier molecular flexibility index (Phi) is 7.36. The molecule has 2 rings (SSSR count). The molecule has 29 heavy (non-hydrogen) atoms. The van der Waals surface area contributed by atoms with Crippen LogP contribution in [0.25, 0.3) is 12.2 Å². The lowest BCUT2D eigenvalue weighted by molar-refractivity contribution is -0.140. The number of benzene rings is 1. The molecule has 8 heteroatoms. The highest BCUT2D eigenvalue weighted by Gasteiger charge is 2.34. The first-order valence-electron chi connectivity index (χ1n) is 9.20. The molecule has 1 heterocycles. The van der Waals surface area contributed by atoms with E-state index in [9.17, 15) is 17.6 Å². The second-order valence-corrected chi connectivity index (χ2v) is 6.34. The summed E-state index contributed by atoms with van der Waals surface area (Å²) in [4.78, 5) is 0. The molecule has 0 aliphatic heterocycles. The van der Waals surface area contributed by atoms with E-state index in [4.69, 9.17) is 0 Å². The van der Waals surface area contributed by atoms with Crippen molar-refractivity contribution in [3.05, 3.63) is 63.0 Å². The number of hydrogen-bond acceptors (Lipinski definition) is 4. The number of anilines is 1. The van der Waals surface area contributed by atoms with Gasteiger partial charge in [0.15, 0.2) is 5.82 Å². The molecule has 0 amide bonds. The SMILES string of the molecule is CC=c1c(C)nnc(NCc2cccc(C(F)(F)F)c2F)/c1=C/C(=C/CC)NC. The van der Waals surface area contributed by atoms with Gasteiger partial charge in [0.1, 0.15) is 5.82 Å². The highest BCUT2D eigenvalue weighted by atomic mass is 19.4. The first kappa shape index (κ1) is 22.4. The van der Waals surface area contributed by atoms with Gasteiger partial charge in [-0.1, -0.05) is 31.2 Å². The highest BCUT2D eigenvalue weighted by molar-refractivity contribution is 5.54. The van der Waals surface area contributed by atoms with Crippen LogP contribution in [0, 0.1) is 12.7 Å². The molecule has 1 aromatic carbocycles. The summed E-state index contributed by atoms with van der Waals surface area (Å²) in [6.45, 7) is 5.52. The minimum atomic E-state index is -4.75. The van der Waals surface area contributed by atoms with Crippen molar-refractivity contribution in [2.75, 3.05) is 12.4 Å². The smallest absolute Gasteiger partial charge is 0.388 e. The molecule has 0 saturated carbocycles. The fourth-order valence-corrected chi connectivity index (χ4v) is 2.92. The fourth-order valence-electron chi connectivity index (χ4n) is 2.92. The Morgan fingerprint density at radius 1 is 1.17 bits per heavy atom. The molecule has 0 bridgehead atoms. The van der Waals surface area contributed by atoms with Gasteiger partial charge in [-0.05, 0) is 32.4 Å². The van der Waals surface area contributed by atoms with E-state index in [0.29, 0.717) is 11.5 Å². The molecule has 2 aromatic rings. The third-order valence-corrected chi connectivity index (χ3v) is 4.37. The van der Waals surface area contributed by atoms with Crippen LogP contribution in [-0.4, -0.2) is 17.2 Å². The van der Waals surface area contributed by atoms with Crippen molar-refractivity contribution >= 4 is 18.0 Å².